The second-order valence-electron chi connectivity index (χ2n) is 3.07. The first-order valence-electron chi connectivity index (χ1n) is 4.42. The maximum Gasteiger partial charge on any atom is 0.359 e. The zero-order chi connectivity index (χ0) is 11.4. The number of nitrogens with zero attached hydrogens (tertiary/aromatic N) is 1. The molecule has 1 unspecified atom stereocenters. The number of Topliss-reactive ketones (excluding diaryl/α,β-unsaturated/α-hetero) is 1. The fourth-order valence-electron chi connectivity index (χ4n) is 1.29. The predicted molar refractivity (Wildman–Crippen MR) is 52.8 cm³/mol. The van der Waals surface area contributed by atoms with Crippen molar-refractivity contribution in [1.82, 2.24) is 0 Å². The van der Waals surface area contributed by atoms with E-state index in [1.165, 1.54) is 18.6 Å². The Bertz CT molecular complexity index is 390. The SMILES string of the molecule is COC(=O)C(C(C)=O)[n+]1ccccc1N. The average Bonchev–Trinajstić information content (AvgIpc) is 2.20. The number of pyridine rings is 1. The van der Waals surface area contributed by atoms with Crippen LogP contribution in [0.4, 0.5) is 5.82 Å². The van der Waals surface area contributed by atoms with Gasteiger partial charge in [0.2, 0.25) is 0 Å². The summed E-state index contributed by atoms with van der Waals surface area (Å²) in [4.78, 5) is 22.7. The summed E-state index contributed by atoms with van der Waals surface area (Å²) in [5.41, 5.74) is 5.65. The van der Waals surface area contributed by atoms with Crippen molar-refractivity contribution in [3.8, 4) is 0 Å². The van der Waals surface area contributed by atoms with Crippen LogP contribution < -0.4 is 10.3 Å². The van der Waals surface area contributed by atoms with Crippen LogP contribution in [0.25, 0.3) is 0 Å². The van der Waals surface area contributed by atoms with Crippen molar-refractivity contribution < 1.29 is 18.9 Å². The molecule has 1 heterocycles. The third-order valence-corrected chi connectivity index (χ3v) is 2.01. The molecular formula is C10H13N2O3+. The quantitative estimate of drug-likeness (QED) is 0.427. The number of rotatable bonds is 3. The lowest BCUT2D eigenvalue weighted by Crippen LogP contribution is -2.49. The van der Waals surface area contributed by atoms with Crippen LogP contribution in [0.15, 0.2) is 24.4 Å². The summed E-state index contributed by atoms with van der Waals surface area (Å²) in [5.74, 6) is -0.599. The summed E-state index contributed by atoms with van der Waals surface area (Å²) in [5, 5.41) is 0. The Morgan fingerprint density at radius 1 is 1.47 bits per heavy atom. The smallest absolute Gasteiger partial charge is 0.359 e. The highest BCUT2D eigenvalue weighted by Crippen LogP contribution is 2.04. The van der Waals surface area contributed by atoms with Crippen LogP contribution >= 0.6 is 0 Å². The van der Waals surface area contributed by atoms with Gasteiger partial charge < -0.3 is 4.74 Å². The molecule has 5 heteroatoms. The number of hydrogen-bond donors (Lipinski definition) is 1. The van der Waals surface area contributed by atoms with Crippen LogP contribution in [0, 0.1) is 0 Å². The molecule has 0 aromatic carbocycles. The van der Waals surface area contributed by atoms with Crippen LogP contribution in [0.5, 0.6) is 0 Å². The van der Waals surface area contributed by atoms with Gasteiger partial charge in [-0.25, -0.2) is 9.36 Å². The molecule has 0 saturated carbocycles. The Balaban J connectivity index is 3.16. The number of nitrogen functional groups attached to an aromatic ring is 1. The highest BCUT2D eigenvalue weighted by Gasteiger charge is 2.31. The molecule has 0 aliphatic carbocycles. The van der Waals surface area contributed by atoms with Gasteiger partial charge in [0.25, 0.3) is 11.9 Å². The van der Waals surface area contributed by atoms with Crippen LogP contribution in [-0.2, 0) is 14.3 Å². The van der Waals surface area contributed by atoms with E-state index in [1.807, 2.05) is 0 Å². The number of hydrogen-bond acceptors (Lipinski definition) is 4. The number of ether oxygens (including phenoxy) is 1. The molecule has 0 saturated heterocycles. The average molecular weight is 209 g/mol. The van der Waals surface area contributed by atoms with Crippen LogP contribution in [0.3, 0.4) is 0 Å². The molecule has 5 nitrogen and oxygen atoms in total. The largest absolute Gasteiger partial charge is 0.466 e. The third kappa shape index (κ3) is 2.31. The topological polar surface area (TPSA) is 73.3 Å². The molecule has 0 fully saturated rings. The Kier molecular flexibility index (Phi) is 3.38. The summed E-state index contributed by atoms with van der Waals surface area (Å²) >= 11 is 0. The lowest BCUT2D eigenvalue weighted by atomic mass is 10.2. The molecule has 0 aliphatic rings. The fraction of sp³-hybridized carbons (Fsp3) is 0.300. The molecule has 2 N–H and O–H groups in total. The zero-order valence-corrected chi connectivity index (χ0v) is 8.64. The van der Waals surface area contributed by atoms with Crippen LogP contribution in [0.2, 0.25) is 0 Å². The van der Waals surface area contributed by atoms with E-state index in [1.54, 1.807) is 24.4 Å². The minimum atomic E-state index is -1.00. The highest BCUT2D eigenvalue weighted by atomic mass is 16.5. The molecule has 0 radical (unpaired) electrons. The van der Waals surface area contributed by atoms with Crippen molar-refractivity contribution >= 4 is 17.6 Å². The van der Waals surface area contributed by atoms with Gasteiger partial charge in [-0.05, 0) is 13.0 Å². The van der Waals surface area contributed by atoms with Crippen molar-refractivity contribution in [3.05, 3.63) is 24.4 Å². The van der Waals surface area contributed by atoms with Gasteiger partial charge in [-0.15, -0.1) is 0 Å². The van der Waals surface area contributed by atoms with E-state index in [4.69, 9.17) is 5.73 Å². The second-order valence-corrected chi connectivity index (χ2v) is 3.07. The minimum Gasteiger partial charge on any atom is -0.466 e. The molecule has 0 bridgehead atoms. The van der Waals surface area contributed by atoms with Gasteiger partial charge >= 0.3 is 5.97 Å². The van der Waals surface area contributed by atoms with Gasteiger partial charge in [0, 0.05) is 6.07 Å². The Hall–Kier alpha value is -1.91. The number of aromatic nitrogens is 1. The second kappa shape index (κ2) is 4.54. The van der Waals surface area contributed by atoms with E-state index in [0.29, 0.717) is 5.82 Å². The molecule has 0 amide bonds. The van der Waals surface area contributed by atoms with Crippen LogP contribution in [0.1, 0.15) is 13.0 Å². The maximum absolute atomic E-state index is 11.4. The molecular weight excluding hydrogens is 196 g/mol. The van der Waals surface area contributed by atoms with Crippen LogP contribution in [-0.4, -0.2) is 18.9 Å². The molecule has 0 spiro atoms. The van der Waals surface area contributed by atoms with E-state index in [-0.39, 0.29) is 5.78 Å². The van der Waals surface area contributed by atoms with Gasteiger partial charge in [0.15, 0.2) is 5.78 Å². The van der Waals surface area contributed by atoms with Gasteiger partial charge in [-0.3, -0.25) is 10.5 Å². The number of carbonyl (C=O) groups excluding carboxylic acids is 2. The van der Waals surface area contributed by atoms with Crippen molar-refractivity contribution in [1.29, 1.82) is 0 Å². The minimum absolute atomic E-state index is 0.315. The molecule has 0 aliphatic heterocycles. The van der Waals surface area contributed by atoms with E-state index in [2.05, 4.69) is 4.74 Å². The van der Waals surface area contributed by atoms with Gasteiger partial charge in [0.1, 0.15) is 0 Å². The summed E-state index contributed by atoms with van der Waals surface area (Å²) < 4.78 is 5.93. The van der Waals surface area contributed by atoms with Gasteiger partial charge in [-0.1, -0.05) is 6.07 Å². The molecule has 1 rings (SSSR count). The van der Waals surface area contributed by atoms with E-state index >= 15 is 0 Å². The summed E-state index contributed by atoms with van der Waals surface area (Å²) in [6, 6.07) is 4.02. The monoisotopic (exact) mass is 209 g/mol. The molecule has 15 heavy (non-hydrogen) atoms. The van der Waals surface area contributed by atoms with Gasteiger partial charge in [0.05, 0.1) is 13.3 Å². The van der Waals surface area contributed by atoms with Crippen molar-refractivity contribution in [2.24, 2.45) is 0 Å². The van der Waals surface area contributed by atoms with Gasteiger partial charge in [-0.2, -0.15) is 0 Å². The molecule has 1 aromatic heterocycles. The van der Waals surface area contributed by atoms with Crippen molar-refractivity contribution in [3.63, 3.8) is 0 Å². The first-order valence-corrected chi connectivity index (χ1v) is 4.42. The Morgan fingerprint density at radius 2 is 2.13 bits per heavy atom. The summed E-state index contributed by atoms with van der Waals surface area (Å²) in [6.07, 6.45) is 1.57. The predicted octanol–water partition coefficient (Wildman–Crippen LogP) is -0.141. The maximum atomic E-state index is 11.4. The third-order valence-electron chi connectivity index (χ3n) is 2.01. The van der Waals surface area contributed by atoms with Crippen molar-refractivity contribution in [2.75, 3.05) is 12.8 Å². The number of ketones is 1. The number of esters is 1. The summed E-state index contributed by atoms with van der Waals surface area (Å²) in [7, 11) is 1.23. The Labute approximate surface area is 87.5 Å². The lowest BCUT2D eigenvalue weighted by Gasteiger charge is -2.11. The Morgan fingerprint density at radius 3 is 2.60 bits per heavy atom. The normalized spacial score (nSPS) is 11.9. The summed E-state index contributed by atoms with van der Waals surface area (Å²) in [6.45, 7) is 1.32. The fourth-order valence-corrected chi connectivity index (χ4v) is 1.29. The zero-order valence-electron chi connectivity index (χ0n) is 8.64. The van der Waals surface area contributed by atoms with E-state index < -0.39 is 12.0 Å². The van der Waals surface area contributed by atoms with E-state index in [9.17, 15) is 9.59 Å². The van der Waals surface area contributed by atoms with Crippen molar-refractivity contribution in [2.45, 2.75) is 13.0 Å². The molecule has 80 valence electrons. The number of anilines is 1. The lowest BCUT2D eigenvalue weighted by molar-refractivity contribution is -0.683. The number of carbonyl (C=O) groups is 2. The standard InChI is InChI=1S/C10H12N2O3/c1-7(13)9(10(14)15-2)12-6-4-3-5-8(12)11/h3-6,9,11H,1-2H3/p+1. The first-order chi connectivity index (χ1) is 7.07. The number of methoxy groups -OCH3 is 1. The van der Waals surface area contributed by atoms with E-state index in [0.717, 1.165) is 0 Å². The molecule has 1 atom stereocenters. The number of nitrogens with two attached hydrogens (primary N) is 1. The first kappa shape index (κ1) is 11.2. The molecule has 1 aromatic rings. The highest BCUT2D eigenvalue weighted by molar-refractivity contribution is 5.97.